The summed E-state index contributed by atoms with van der Waals surface area (Å²) in [5, 5.41) is 25.6. The number of nitriles is 2. The van der Waals surface area contributed by atoms with E-state index < -0.39 is 11.1 Å². The monoisotopic (exact) mass is 192 g/mol. The van der Waals surface area contributed by atoms with Crippen molar-refractivity contribution in [2.45, 2.75) is 51.6 Å². The van der Waals surface area contributed by atoms with E-state index >= 15 is 0 Å². The van der Waals surface area contributed by atoms with Crippen LogP contribution in [0.5, 0.6) is 0 Å². The maximum absolute atomic E-state index is 8.84. The molecule has 76 valence electrons. The first-order valence-electron chi connectivity index (χ1n) is 4.72. The first-order chi connectivity index (χ1) is 6.45. The third-order valence-corrected chi connectivity index (χ3v) is 2.35. The van der Waals surface area contributed by atoms with Crippen LogP contribution in [0.1, 0.15) is 40.5 Å². The number of azo groups is 1. The molecular formula is C10H16N4. The van der Waals surface area contributed by atoms with Gasteiger partial charge in [-0.2, -0.15) is 20.8 Å². The minimum atomic E-state index is -0.798. The van der Waals surface area contributed by atoms with Gasteiger partial charge in [0, 0.05) is 0 Å². The van der Waals surface area contributed by atoms with Crippen LogP contribution in [-0.2, 0) is 0 Å². The van der Waals surface area contributed by atoms with E-state index in [1.807, 2.05) is 13.8 Å². The highest BCUT2D eigenvalue weighted by Crippen LogP contribution is 2.20. The van der Waals surface area contributed by atoms with Crippen LogP contribution in [0.4, 0.5) is 0 Å². The van der Waals surface area contributed by atoms with Crippen molar-refractivity contribution in [2.24, 2.45) is 10.2 Å². The van der Waals surface area contributed by atoms with Gasteiger partial charge in [0.05, 0.1) is 12.1 Å². The van der Waals surface area contributed by atoms with Gasteiger partial charge in [-0.25, -0.2) is 0 Å². The molecule has 0 aromatic carbocycles. The van der Waals surface area contributed by atoms with Crippen LogP contribution in [0.3, 0.4) is 0 Å². The molecule has 0 amide bonds. The van der Waals surface area contributed by atoms with E-state index in [0.29, 0.717) is 12.8 Å². The van der Waals surface area contributed by atoms with E-state index in [2.05, 4.69) is 22.4 Å². The maximum atomic E-state index is 8.84. The van der Waals surface area contributed by atoms with Gasteiger partial charge < -0.3 is 0 Å². The fraction of sp³-hybridized carbons (Fsp3) is 0.800. The van der Waals surface area contributed by atoms with Crippen LogP contribution < -0.4 is 0 Å². The first-order valence-corrected chi connectivity index (χ1v) is 4.72. The van der Waals surface area contributed by atoms with Crippen molar-refractivity contribution in [1.29, 1.82) is 10.5 Å². The third-order valence-electron chi connectivity index (χ3n) is 2.35. The quantitative estimate of drug-likeness (QED) is 0.642. The lowest BCUT2D eigenvalue weighted by atomic mass is 10.0. The summed E-state index contributed by atoms with van der Waals surface area (Å²) in [6.07, 6.45) is 1.19. The smallest absolute Gasteiger partial charge is 0.164 e. The van der Waals surface area contributed by atoms with Crippen molar-refractivity contribution in [3.8, 4) is 12.1 Å². The Balaban J connectivity index is 4.76. The number of nitrogens with zero attached hydrogens (tertiary/aromatic N) is 4. The van der Waals surface area contributed by atoms with Crippen molar-refractivity contribution >= 4 is 0 Å². The molecule has 14 heavy (non-hydrogen) atoms. The number of hydrogen-bond acceptors (Lipinski definition) is 4. The van der Waals surface area contributed by atoms with Gasteiger partial charge in [0.1, 0.15) is 0 Å². The maximum Gasteiger partial charge on any atom is 0.164 e. The zero-order valence-electron chi connectivity index (χ0n) is 9.20. The lowest BCUT2D eigenvalue weighted by molar-refractivity contribution is 0.473. The molecule has 0 aliphatic carbocycles. The van der Waals surface area contributed by atoms with E-state index in [1.165, 1.54) is 0 Å². The Morgan fingerprint density at radius 2 is 1.21 bits per heavy atom. The second kappa shape index (κ2) is 4.72. The molecular weight excluding hydrogens is 176 g/mol. The average Bonchev–Trinajstić information content (AvgIpc) is 2.25. The summed E-state index contributed by atoms with van der Waals surface area (Å²) in [6.45, 7) is 7.17. The van der Waals surface area contributed by atoms with Gasteiger partial charge in [-0.15, -0.1) is 0 Å². The fourth-order valence-corrected chi connectivity index (χ4v) is 0.565. The summed E-state index contributed by atoms with van der Waals surface area (Å²) in [6, 6.07) is 4.16. The van der Waals surface area contributed by atoms with Gasteiger partial charge in [-0.05, 0) is 26.7 Å². The molecule has 4 heteroatoms. The molecule has 2 unspecified atom stereocenters. The lowest BCUT2D eigenvalue weighted by Crippen LogP contribution is -2.22. The summed E-state index contributed by atoms with van der Waals surface area (Å²) in [4.78, 5) is 0. The topological polar surface area (TPSA) is 72.3 Å². The van der Waals surface area contributed by atoms with Crippen molar-refractivity contribution in [1.82, 2.24) is 0 Å². The SMILES string of the molecule is CCC(C)(C#N)/N=N/C(C)(C#N)CC. The van der Waals surface area contributed by atoms with E-state index in [0.717, 1.165) is 0 Å². The van der Waals surface area contributed by atoms with Crippen LogP contribution in [0.2, 0.25) is 0 Å². The number of rotatable bonds is 4. The van der Waals surface area contributed by atoms with Crippen LogP contribution in [-0.4, -0.2) is 11.1 Å². The van der Waals surface area contributed by atoms with Gasteiger partial charge in [0.15, 0.2) is 11.1 Å². The van der Waals surface area contributed by atoms with Crippen LogP contribution in [0, 0.1) is 22.7 Å². The molecule has 0 aliphatic heterocycles. The van der Waals surface area contributed by atoms with Crippen molar-refractivity contribution in [3.05, 3.63) is 0 Å². The van der Waals surface area contributed by atoms with E-state index in [9.17, 15) is 0 Å². The minimum absolute atomic E-state index is 0.595. The summed E-state index contributed by atoms with van der Waals surface area (Å²) < 4.78 is 0. The molecule has 0 bridgehead atoms. The van der Waals surface area contributed by atoms with Crippen LogP contribution in [0.25, 0.3) is 0 Å². The Morgan fingerprint density at radius 1 is 0.929 bits per heavy atom. The predicted octanol–water partition coefficient (Wildman–Crippen LogP) is 2.82. The van der Waals surface area contributed by atoms with E-state index in [-0.39, 0.29) is 0 Å². The fourth-order valence-electron chi connectivity index (χ4n) is 0.565. The largest absolute Gasteiger partial charge is 0.196 e. The first kappa shape index (κ1) is 12.6. The molecule has 0 aliphatic rings. The van der Waals surface area contributed by atoms with Gasteiger partial charge >= 0.3 is 0 Å². The Morgan fingerprint density at radius 3 is 1.36 bits per heavy atom. The number of hydrogen-bond donors (Lipinski definition) is 0. The third kappa shape index (κ3) is 3.14. The Hall–Kier alpha value is -1.42. The standard InChI is InChI=1S/C10H16N4/c1-5-9(3,7-11)13-14-10(4,6-2)8-12/h5-6H2,1-4H3/b14-13+. The zero-order chi connectivity index (χ0) is 11.2. The Bertz CT molecular complexity index is 266. The molecule has 0 saturated carbocycles. The summed E-state index contributed by atoms with van der Waals surface area (Å²) in [5.41, 5.74) is -1.60. The van der Waals surface area contributed by atoms with Crippen LogP contribution in [0.15, 0.2) is 10.2 Å². The van der Waals surface area contributed by atoms with E-state index in [1.54, 1.807) is 13.8 Å². The second-order valence-electron chi connectivity index (χ2n) is 3.68. The molecule has 4 nitrogen and oxygen atoms in total. The van der Waals surface area contributed by atoms with Gasteiger partial charge in [-0.1, -0.05) is 13.8 Å². The van der Waals surface area contributed by atoms with Gasteiger partial charge in [0.25, 0.3) is 0 Å². The van der Waals surface area contributed by atoms with E-state index in [4.69, 9.17) is 10.5 Å². The molecule has 2 atom stereocenters. The second-order valence-corrected chi connectivity index (χ2v) is 3.68. The summed E-state index contributed by atoms with van der Waals surface area (Å²) >= 11 is 0. The van der Waals surface area contributed by atoms with Crippen molar-refractivity contribution in [3.63, 3.8) is 0 Å². The molecule has 0 spiro atoms. The van der Waals surface area contributed by atoms with Crippen molar-refractivity contribution < 1.29 is 0 Å². The normalized spacial score (nSPS) is 19.3. The summed E-state index contributed by atoms with van der Waals surface area (Å²) in [7, 11) is 0. The molecule has 0 aromatic rings. The highest BCUT2D eigenvalue weighted by Gasteiger charge is 2.25. The lowest BCUT2D eigenvalue weighted by Gasteiger charge is -2.16. The summed E-state index contributed by atoms with van der Waals surface area (Å²) in [5.74, 6) is 0. The van der Waals surface area contributed by atoms with Gasteiger partial charge in [-0.3, -0.25) is 0 Å². The minimum Gasteiger partial charge on any atom is -0.196 e. The van der Waals surface area contributed by atoms with Crippen LogP contribution >= 0.6 is 0 Å². The average molecular weight is 192 g/mol. The molecule has 0 fully saturated rings. The highest BCUT2D eigenvalue weighted by atomic mass is 15.2. The molecule has 0 saturated heterocycles. The molecule has 0 rings (SSSR count). The molecule has 0 N–H and O–H groups in total. The molecule has 0 aromatic heterocycles. The molecule has 0 radical (unpaired) electrons. The van der Waals surface area contributed by atoms with Crippen molar-refractivity contribution in [2.75, 3.05) is 0 Å². The highest BCUT2D eigenvalue weighted by molar-refractivity contribution is 5.06. The zero-order valence-corrected chi connectivity index (χ0v) is 9.20. The Kier molecular flexibility index (Phi) is 4.24. The molecule has 0 heterocycles. The van der Waals surface area contributed by atoms with Gasteiger partial charge in [0.2, 0.25) is 0 Å². The Labute approximate surface area is 85.3 Å². The predicted molar refractivity (Wildman–Crippen MR) is 53.5 cm³/mol.